The third-order valence-corrected chi connectivity index (χ3v) is 10.9. The highest BCUT2D eigenvalue weighted by molar-refractivity contribution is 7.14. The van der Waals surface area contributed by atoms with E-state index in [0.29, 0.717) is 16.4 Å². The zero-order valence-electron chi connectivity index (χ0n) is 27.6. The number of aliphatic hydroxyl groups excluding tert-OH is 3. The average molecular weight is 690 g/mol. The number of phenolic OH excluding ortho intramolecular Hbond substituents is 1. The number of anilines is 3. The van der Waals surface area contributed by atoms with Crippen LogP contribution in [0.3, 0.4) is 0 Å². The predicted molar refractivity (Wildman–Crippen MR) is 184 cm³/mol. The van der Waals surface area contributed by atoms with Gasteiger partial charge in [-0.3, -0.25) is 19.3 Å². The van der Waals surface area contributed by atoms with E-state index in [0.717, 1.165) is 24.3 Å². The van der Waals surface area contributed by atoms with E-state index in [1.165, 1.54) is 30.3 Å². The molecule has 6 rings (SSSR count). The van der Waals surface area contributed by atoms with Crippen LogP contribution in [0, 0.1) is 11.8 Å². The van der Waals surface area contributed by atoms with Crippen molar-refractivity contribution in [2.45, 2.75) is 44.4 Å². The van der Waals surface area contributed by atoms with Crippen LogP contribution in [0.5, 0.6) is 5.75 Å². The van der Waals surface area contributed by atoms with Crippen LogP contribution in [0.2, 0.25) is 0 Å². The molecule has 0 saturated carbocycles. The molecular weight excluding hydrogens is 650 g/mol. The fourth-order valence-corrected chi connectivity index (χ4v) is 8.47. The fraction of sp³-hybridized carbons (Fsp3) is 0.371. The van der Waals surface area contributed by atoms with Crippen molar-refractivity contribution < 1.29 is 39.9 Å². The number of amides is 1. The van der Waals surface area contributed by atoms with Crippen LogP contribution >= 0.6 is 11.3 Å². The fourth-order valence-electron chi connectivity index (χ4n) is 7.73. The van der Waals surface area contributed by atoms with Crippen LogP contribution in [0.25, 0.3) is 11.3 Å². The molecule has 0 aliphatic heterocycles. The number of aliphatic hydroxyl groups is 4. The molecular formula is C35H39N5O8S. The molecule has 1 heterocycles. The highest BCUT2D eigenvalue weighted by Crippen LogP contribution is 2.56. The van der Waals surface area contributed by atoms with E-state index in [1.807, 2.05) is 29.6 Å². The summed E-state index contributed by atoms with van der Waals surface area (Å²) in [7, 11) is 2.98. The van der Waals surface area contributed by atoms with Gasteiger partial charge in [-0.15, -0.1) is 11.3 Å². The number of nitrogens with two attached hydrogens (primary N) is 1. The van der Waals surface area contributed by atoms with Gasteiger partial charge < -0.3 is 41.5 Å². The second kappa shape index (κ2) is 12.3. The van der Waals surface area contributed by atoms with Crippen LogP contribution < -0.4 is 16.0 Å². The molecule has 1 amide bonds. The maximum atomic E-state index is 14.2. The monoisotopic (exact) mass is 689 g/mol. The molecule has 0 saturated heterocycles. The van der Waals surface area contributed by atoms with Gasteiger partial charge >= 0.3 is 0 Å². The Morgan fingerprint density at radius 1 is 1.06 bits per heavy atom. The van der Waals surface area contributed by atoms with Crippen molar-refractivity contribution in [3.63, 3.8) is 0 Å². The Labute approximate surface area is 286 Å². The lowest BCUT2D eigenvalue weighted by atomic mass is 9.55. The second-order valence-electron chi connectivity index (χ2n) is 12.9. The number of primary amides is 1. The summed E-state index contributed by atoms with van der Waals surface area (Å²) in [4.78, 5) is 48.3. The quantitative estimate of drug-likeness (QED) is 0.134. The molecule has 258 valence electrons. The first-order valence-electron chi connectivity index (χ1n) is 15.9. The van der Waals surface area contributed by atoms with Gasteiger partial charge in [-0.2, -0.15) is 0 Å². The Balaban J connectivity index is 1.38. The number of ketones is 2. The smallest absolute Gasteiger partial charge is 0.255 e. The molecule has 49 heavy (non-hydrogen) atoms. The van der Waals surface area contributed by atoms with E-state index < -0.39 is 81.4 Å². The molecule has 0 fully saturated rings. The molecule has 3 aliphatic rings. The maximum Gasteiger partial charge on any atom is 0.255 e. The maximum absolute atomic E-state index is 14.2. The van der Waals surface area contributed by atoms with Gasteiger partial charge in [-0.05, 0) is 57.6 Å². The van der Waals surface area contributed by atoms with Gasteiger partial charge in [-0.25, -0.2) is 4.98 Å². The number of nitrogens with one attached hydrogen (secondary N) is 1. The largest absolute Gasteiger partial charge is 0.510 e. The molecule has 0 radical (unpaired) electrons. The Morgan fingerprint density at radius 3 is 2.31 bits per heavy atom. The van der Waals surface area contributed by atoms with Crippen LogP contribution in [-0.2, 0) is 9.59 Å². The normalized spacial score (nSPS) is 26.4. The molecule has 8 N–H and O–H groups in total. The Hall–Kier alpha value is -4.76. The highest BCUT2D eigenvalue weighted by atomic mass is 32.1. The summed E-state index contributed by atoms with van der Waals surface area (Å²) in [6.07, 6.45) is -1.66. The standard InChI is InChI=1S/C35H39N5O8S/c1-6-40(7-2)17-10-8-16(9-11-17)20-14-49-34(38-20)37-19-13-12-18-15(3)21-23(28(42)22(18)27(19)41)31(45)35(48)25(29(21)43)26(39(4)5)30(44)24(32(35)46)33(36)47/h8-15,21,25-26,29,41,43-45,48H,6-7H2,1-5H3,(H2,36,47)(H,37,38). The topological polar surface area (TPSA) is 210 Å². The van der Waals surface area contributed by atoms with E-state index >= 15 is 0 Å². The number of likely N-dealkylation sites (N-methyl/N-ethyl adjacent to an activating group) is 1. The Morgan fingerprint density at radius 2 is 1.71 bits per heavy atom. The van der Waals surface area contributed by atoms with Crippen LogP contribution in [0.1, 0.15) is 42.6 Å². The number of phenols is 1. The Kier molecular flexibility index (Phi) is 8.55. The third kappa shape index (κ3) is 5.00. The minimum atomic E-state index is -2.98. The number of carbonyl (C=O) groups is 3. The summed E-state index contributed by atoms with van der Waals surface area (Å²) in [5.41, 5.74) is 4.05. The molecule has 1 aromatic heterocycles. The van der Waals surface area contributed by atoms with Crippen LogP contribution in [-0.4, -0.2) is 97.8 Å². The molecule has 2 aromatic carbocycles. The number of hydrogen-bond donors (Lipinski definition) is 7. The molecule has 3 aliphatic carbocycles. The summed E-state index contributed by atoms with van der Waals surface area (Å²) in [6, 6.07) is 9.92. The van der Waals surface area contributed by atoms with Gasteiger partial charge in [0.2, 0.25) is 5.78 Å². The molecule has 0 spiro atoms. The molecule has 0 bridgehead atoms. The van der Waals surface area contributed by atoms with Crippen LogP contribution in [0.4, 0.5) is 16.5 Å². The van der Waals surface area contributed by atoms with E-state index in [4.69, 9.17) is 5.73 Å². The van der Waals surface area contributed by atoms with Crippen molar-refractivity contribution >= 4 is 45.3 Å². The molecule has 3 aromatic rings. The lowest BCUT2D eigenvalue weighted by Crippen LogP contribution is -2.68. The minimum absolute atomic E-state index is 0.147. The number of carbonyl (C=O) groups excluding carboxylic acids is 3. The molecule has 6 unspecified atom stereocenters. The number of aromatic nitrogens is 1. The van der Waals surface area contributed by atoms with E-state index in [9.17, 15) is 39.9 Å². The molecule has 14 heteroatoms. The van der Waals surface area contributed by atoms with Gasteiger partial charge in [0.05, 0.1) is 35.0 Å². The van der Waals surface area contributed by atoms with Crippen molar-refractivity contribution in [2.24, 2.45) is 17.6 Å². The summed E-state index contributed by atoms with van der Waals surface area (Å²) in [6.45, 7) is 7.65. The van der Waals surface area contributed by atoms with Crippen molar-refractivity contribution in [3.05, 3.63) is 75.6 Å². The first-order chi connectivity index (χ1) is 23.2. The SMILES string of the molecule is CCN(CC)c1ccc(-c2csc(Nc3ccc4c(c3O)C(=O)C3=C(O)C5(O)C(=O)C(C(N)=O)=C(O)C(N(C)C)C5C(O)C3C4C)n2)cc1. The van der Waals surface area contributed by atoms with E-state index in [2.05, 4.69) is 29.0 Å². The van der Waals surface area contributed by atoms with Gasteiger partial charge in [0.1, 0.15) is 17.1 Å². The minimum Gasteiger partial charge on any atom is -0.510 e. The number of benzene rings is 2. The number of hydrogen-bond acceptors (Lipinski definition) is 13. The zero-order valence-corrected chi connectivity index (χ0v) is 28.4. The first kappa shape index (κ1) is 34.1. The number of thiazole rings is 1. The van der Waals surface area contributed by atoms with E-state index in [1.54, 1.807) is 19.1 Å². The van der Waals surface area contributed by atoms with Crippen molar-refractivity contribution in [1.82, 2.24) is 9.88 Å². The number of Topliss-reactive ketones (excluding diaryl/α,β-unsaturated/α-hetero) is 2. The molecule has 13 nitrogen and oxygen atoms in total. The number of aromatic hydroxyl groups is 1. The lowest BCUT2D eigenvalue weighted by Gasteiger charge is -2.53. The number of fused-ring (bicyclic) bond motifs is 3. The summed E-state index contributed by atoms with van der Waals surface area (Å²) in [5, 5.41) is 63.1. The van der Waals surface area contributed by atoms with Crippen LogP contribution in [0.15, 0.2) is 64.4 Å². The summed E-state index contributed by atoms with van der Waals surface area (Å²) >= 11 is 1.29. The summed E-state index contributed by atoms with van der Waals surface area (Å²) < 4.78 is 0. The number of nitrogens with zero attached hydrogens (tertiary/aromatic N) is 3. The second-order valence-corrected chi connectivity index (χ2v) is 13.7. The lowest BCUT2D eigenvalue weighted by molar-refractivity contribution is -0.162. The van der Waals surface area contributed by atoms with Gasteiger partial charge in [0.15, 0.2) is 22.3 Å². The van der Waals surface area contributed by atoms with Crippen molar-refractivity contribution in [1.29, 1.82) is 0 Å². The van der Waals surface area contributed by atoms with Crippen molar-refractivity contribution in [3.8, 4) is 17.0 Å². The third-order valence-electron chi connectivity index (χ3n) is 10.2. The van der Waals surface area contributed by atoms with E-state index in [-0.39, 0.29) is 11.3 Å². The highest BCUT2D eigenvalue weighted by Gasteiger charge is 2.67. The predicted octanol–water partition coefficient (Wildman–Crippen LogP) is 3.37. The van der Waals surface area contributed by atoms with Gasteiger partial charge in [0, 0.05) is 41.2 Å². The molecule has 6 atom stereocenters. The summed E-state index contributed by atoms with van der Waals surface area (Å²) in [5.74, 6) is -9.39. The zero-order chi connectivity index (χ0) is 35.7. The average Bonchev–Trinajstić information content (AvgIpc) is 3.53. The number of rotatable bonds is 8. The van der Waals surface area contributed by atoms with Gasteiger partial charge in [-0.1, -0.05) is 25.1 Å². The first-order valence-corrected chi connectivity index (χ1v) is 16.8. The Bertz CT molecular complexity index is 1930. The van der Waals surface area contributed by atoms with Gasteiger partial charge in [0.25, 0.3) is 5.91 Å². The van der Waals surface area contributed by atoms with Crippen molar-refractivity contribution in [2.75, 3.05) is 37.4 Å².